The summed E-state index contributed by atoms with van der Waals surface area (Å²) in [5.74, 6) is 1.11. The molecule has 1 heterocycles. The molecule has 1 aliphatic rings. The van der Waals surface area contributed by atoms with Crippen LogP contribution in [0.5, 0.6) is 0 Å². The average molecular weight is 386 g/mol. The smallest absolute Gasteiger partial charge is 0.0409 e. The predicted molar refractivity (Wildman–Crippen MR) is 94.7 cm³/mol. The van der Waals surface area contributed by atoms with Crippen LogP contribution in [-0.2, 0) is 6.42 Å². The second-order valence-corrected chi connectivity index (χ2v) is 8.27. The van der Waals surface area contributed by atoms with E-state index in [4.69, 9.17) is 11.6 Å². The van der Waals surface area contributed by atoms with Crippen molar-refractivity contribution in [3.8, 4) is 0 Å². The second kappa shape index (κ2) is 6.78. The number of thioether (sulfide) groups is 1. The SMILES string of the molecule is Clc1ccc2c(c1)[C@H](SCCBr)Cc1ccccc1S2. The van der Waals surface area contributed by atoms with E-state index in [9.17, 15) is 0 Å². The third-order valence-electron chi connectivity index (χ3n) is 3.31. The summed E-state index contributed by atoms with van der Waals surface area (Å²) in [6, 6.07) is 15.0. The van der Waals surface area contributed by atoms with Crippen LogP contribution >= 0.6 is 51.1 Å². The fourth-order valence-electron chi connectivity index (χ4n) is 2.40. The van der Waals surface area contributed by atoms with Gasteiger partial charge in [0.15, 0.2) is 0 Å². The van der Waals surface area contributed by atoms with Gasteiger partial charge in [-0.3, -0.25) is 0 Å². The number of alkyl halides is 1. The summed E-state index contributed by atoms with van der Waals surface area (Å²) in [7, 11) is 0. The summed E-state index contributed by atoms with van der Waals surface area (Å²) in [4.78, 5) is 2.71. The van der Waals surface area contributed by atoms with Gasteiger partial charge in [-0.1, -0.05) is 57.5 Å². The zero-order valence-electron chi connectivity index (χ0n) is 10.8. The number of rotatable bonds is 3. The quantitative estimate of drug-likeness (QED) is 0.575. The Labute approximate surface area is 141 Å². The van der Waals surface area contributed by atoms with E-state index in [2.05, 4.69) is 52.3 Å². The Morgan fingerprint density at radius 3 is 2.90 bits per heavy atom. The van der Waals surface area contributed by atoms with Gasteiger partial charge >= 0.3 is 0 Å². The van der Waals surface area contributed by atoms with E-state index in [1.165, 1.54) is 20.9 Å². The van der Waals surface area contributed by atoms with E-state index in [-0.39, 0.29) is 0 Å². The topological polar surface area (TPSA) is 0 Å². The lowest BCUT2D eigenvalue weighted by Gasteiger charge is -2.17. The van der Waals surface area contributed by atoms with Gasteiger partial charge in [0.1, 0.15) is 0 Å². The van der Waals surface area contributed by atoms with Crippen LogP contribution in [0.4, 0.5) is 0 Å². The zero-order chi connectivity index (χ0) is 13.9. The third kappa shape index (κ3) is 3.22. The molecule has 0 amide bonds. The molecule has 1 aliphatic heterocycles. The van der Waals surface area contributed by atoms with Crippen molar-refractivity contribution in [1.82, 2.24) is 0 Å². The summed E-state index contributed by atoms with van der Waals surface area (Å²) in [6.45, 7) is 0. The summed E-state index contributed by atoms with van der Waals surface area (Å²) in [6.07, 6.45) is 1.08. The normalized spacial score (nSPS) is 17.2. The Kier molecular flexibility index (Phi) is 5.03. The molecule has 2 aromatic rings. The van der Waals surface area contributed by atoms with Crippen molar-refractivity contribution in [2.45, 2.75) is 21.5 Å². The van der Waals surface area contributed by atoms with E-state index >= 15 is 0 Å². The Hall–Kier alpha value is -0.0900. The van der Waals surface area contributed by atoms with E-state index in [1.54, 1.807) is 0 Å². The van der Waals surface area contributed by atoms with Gasteiger partial charge in [0.2, 0.25) is 0 Å². The van der Waals surface area contributed by atoms with Crippen molar-refractivity contribution in [3.05, 3.63) is 58.6 Å². The molecule has 0 unspecified atom stereocenters. The van der Waals surface area contributed by atoms with Crippen molar-refractivity contribution in [2.75, 3.05) is 11.1 Å². The van der Waals surface area contributed by atoms with Crippen LogP contribution in [0.3, 0.4) is 0 Å². The summed E-state index contributed by atoms with van der Waals surface area (Å²) in [5.41, 5.74) is 2.82. The Morgan fingerprint density at radius 1 is 1.20 bits per heavy atom. The molecule has 104 valence electrons. The largest absolute Gasteiger partial charge is 0.153 e. The zero-order valence-corrected chi connectivity index (χ0v) is 14.8. The molecule has 0 bridgehead atoms. The maximum atomic E-state index is 6.21. The van der Waals surface area contributed by atoms with Gasteiger partial charge in [0.05, 0.1) is 0 Å². The highest BCUT2D eigenvalue weighted by atomic mass is 79.9. The molecule has 4 heteroatoms. The first-order valence-electron chi connectivity index (χ1n) is 6.50. The minimum absolute atomic E-state index is 0.484. The van der Waals surface area contributed by atoms with Gasteiger partial charge in [-0.25, -0.2) is 0 Å². The molecule has 0 saturated carbocycles. The lowest BCUT2D eigenvalue weighted by Crippen LogP contribution is -2.00. The minimum Gasteiger partial charge on any atom is -0.153 e. The fourth-order valence-corrected chi connectivity index (χ4v) is 5.38. The molecule has 2 aromatic carbocycles. The van der Waals surface area contributed by atoms with E-state index in [1.807, 2.05) is 29.6 Å². The van der Waals surface area contributed by atoms with Crippen molar-refractivity contribution >= 4 is 51.1 Å². The standard InChI is InChI=1S/C16H14BrClS2/c17-7-8-19-16-9-11-3-1-2-4-14(11)20-15-6-5-12(18)10-13(15)16/h1-6,10,16H,7-9H2/t16-/m1/s1. The molecule has 0 saturated heterocycles. The van der Waals surface area contributed by atoms with Crippen molar-refractivity contribution in [3.63, 3.8) is 0 Å². The highest BCUT2D eigenvalue weighted by molar-refractivity contribution is 9.09. The maximum absolute atomic E-state index is 6.21. The number of fused-ring (bicyclic) bond motifs is 2. The molecule has 0 nitrogen and oxygen atoms in total. The van der Waals surface area contributed by atoms with Crippen LogP contribution < -0.4 is 0 Å². The molecular formula is C16H14BrClS2. The third-order valence-corrected chi connectivity index (χ3v) is 6.94. The van der Waals surface area contributed by atoms with E-state index in [0.29, 0.717) is 5.25 Å². The molecular weight excluding hydrogens is 372 g/mol. The van der Waals surface area contributed by atoms with Gasteiger partial charge in [-0.15, -0.1) is 0 Å². The van der Waals surface area contributed by atoms with Gasteiger partial charge in [-0.2, -0.15) is 11.8 Å². The first-order valence-corrected chi connectivity index (χ1v) is 9.87. The number of halogens is 2. The highest BCUT2D eigenvalue weighted by Gasteiger charge is 2.22. The maximum Gasteiger partial charge on any atom is 0.0409 e. The van der Waals surface area contributed by atoms with Crippen LogP contribution in [0.2, 0.25) is 5.02 Å². The van der Waals surface area contributed by atoms with Crippen molar-refractivity contribution < 1.29 is 0 Å². The molecule has 0 aliphatic carbocycles. The molecule has 1 atom stereocenters. The van der Waals surface area contributed by atoms with Gasteiger partial charge in [0, 0.05) is 31.1 Å². The number of hydrogen-bond acceptors (Lipinski definition) is 2. The monoisotopic (exact) mass is 384 g/mol. The molecule has 3 rings (SSSR count). The number of benzene rings is 2. The van der Waals surface area contributed by atoms with E-state index < -0.39 is 0 Å². The Morgan fingerprint density at radius 2 is 2.05 bits per heavy atom. The minimum atomic E-state index is 0.484. The predicted octanol–water partition coefficient (Wildman–Crippen LogP) is 6.22. The number of hydrogen-bond donors (Lipinski definition) is 0. The van der Waals surface area contributed by atoms with Crippen molar-refractivity contribution in [2.24, 2.45) is 0 Å². The van der Waals surface area contributed by atoms with Crippen LogP contribution in [0.1, 0.15) is 16.4 Å². The second-order valence-electron chi connectivity index (χ2n) is 4.64. The van der Waals surface area contributed by atoms with Crippen LogP contribution in [0.25, 0.3) is 0 Å². The first kappa shape index (κ1) is 14.8. The van der Waals surface area contributed by atoms with Gasteiger partial charge in [0.25, 0.3) is 0 Å². The Bertz CT molecular complexity index is 615. The lowest BCUT2D eigenvalue weighted by atomic mass is 10.0. The Balaban J connectivity index is 2.04. The average Bonchev–Trinajstić information content (AvgIpc) is 2.61. The first-order chi connectivity index (χ1) is 9.78. The fraction of sp³-hybridized carbons (Fsp3) is 0.250. The molecule has 0 fully saturated rings. The summed E-state index contributed by atoms with van der Waals surface area (Å²) < 4.78 is 0. The molecule has 0 N–H and O–H groups in total. The molecule has 20 heavy (non-hydrogen) atoms. The summed E-state index contributed by atoms with van der Waals surface area (Å²) in [5, 5.41) is 2.34. The van der Waals surface area contributed by atoms with Gasteiger partial charge < -0.3 is 0 Å². The van der Waals surface area contributed by atoms with Crippen LogP contribution in [-0.4, -0.2) is 11.1 Å². The van der Waals surface area contributed by atoms with Crippen molar-refractivity contribution in [1.29, 1.82) is 0 Å². The molecule has 0 radical (unpaired) electrons. The molecule has 0 aromatic heterocycles. The van der Waals surface area contributed by atoms with E-state index in [0.717, 1.165) is 22.5 Å². The lowest BCUT2D eigenvalue weighted by molar-refractivity contribution is 0.902. The van der Waals surface area contributed by atoms with Crippen LogP contribution in [0.15, 0.2) is 52.3 Å². The highest BCUT2D eigenvalue weighted by Crippen LogP contribution is 2.46. The summed E-state index contributed by atoms with van der Waals surface area (Å²) >= 11 is 13.6. The van der Waals surface area contributed by atoms with Crippen LogP contribution in [0, 0.1) is 0 Å². The van der Waals surface area contributed by atoms with Gasteiger partial charge in [-0.05, 0) is 41.8 Å². The molecule has 0 spiro atoms.